The highest BCUT2D eigenvalue weighted by atomic mass is 32.2. The molecule has 2 aromatic rings. The number of thioether (sulfide) groups is 1. The summed E-state index contributed by atoms with van der Waals surface area (Å²) in [5, 5.41) is 20.0. The van der Waals surface area contributed by atoms with Crippen LogP contribution >= 0.6 is 23.1 Å². The molecular formula is C14H19N3O2S2. The minimum atomic E-state index is -0.836. The molecule has 7 heteroatoms. The van der Waals surface area contributed by atoms with Gasteiger partial charge in [-0.15, -0.1) is 21.5 Å². The van der Waals surface area contributed by atoms with Gasteiger partial charge in [0.1, 0.15) is 5.82 Å². The third-order valence-corrected chi connectivity index (χ3v) is 5.01. The second-order valence-corrected chi connectivity index (χ2v) is 6.58. The molecule has 2 aromatic heterocycles. The van der Waals surface area contributed by atoms with Crippen LogP contribution in [0, 0.1) is 0 Å². The molecule has 0 bridgehead atoms. The van der Waals surface area contributed by atoms with Gasteiger partial charge in [-0.05, 0) is 29.9 Å². The van der Waals surface area contributed by atoms with Crippen LogP contribution < -0.4 is 0 Å². The average Bonchev–Trinajstić information content (AvgIpc) is 3.05. The lowest BCUT2D eigenvalue weighted by atomic mass is 10.2. The highest BCUT2D eigenvalue weighted by Gasteiger charge is 2.15. The van der Waals surface area contributed by atoms with Gasteiger partial charge >= 0.3 is 5.97 Å². The number of aromatic nitrogens is 3. The SMILES string of the molecule is CCCc1nnc(SCC(=O)O)n1Cc1sccc1CC. The Hall–Kier alpha value is -1.34. The molecule has 114 valence electrons. The molecule has 0 unspecified atom stereocenters. The molecule has 5 nitrogen and oxygen atoms in total. The highest BCUT2D eigenvalue weighted by Crippen LogP contribution is 2.24. The number of carboxylic acid groups (broad SMARTS) is 1. The van der Waals surface area contributed by atoms with Crippen LogP contribution in [0.2, 0.25) is 0 Å². The molecule has 0 fully saturated rings. The number of aliphatic carboxylic acids is 1. The maximum atomic E-state index is 10.8. The molecule has 2 rings (SSSR count). The van der Waals surface area contributed by atoms with Gasteiger partial charge in [-0.3, -0.25) is 4.79 Å². The zero-order valence-corrected chi connectivity index (χ0v) is 13.8. The number of hydrogen-bond donors (Lipinski definition) is 1. The van der Waals surface area contributed by atoms with Crippen LogP contribution in [0.1, 0.15) is 36.5 Å². The Balaban J connectivity index is 2.25. The zero-order chi connectivity index (χ0) is 15.2. The lowest BCUT2D eigenvalue weighted by Crippen LogP contribution is -2.08. The molecule has 0 radical (unpaired) electrons. The van der Waals surface area contributed by atoms with Crippen LogP contribution in [0.5, 0.6) is 0 Å². The van der Waals surface area contributed by atoms with Crippen LogP contribution in [0.15, 0.2) is 16.6 Å². The number of rotatable bonds is 8. The van der Waals surface area contributed by atoms with E-state index in [0.29, 0.717) is 5.16 Å². The van der Waals surface area contributed by atoms with E-state index in [-0.39, 0.29) is 5.75 Å². The van der Waals surface area contributed by atoms with Crippen LogP contribution in [-0.4, -0.2) is 31.6 Å². The normalized spacial score (nSPS) is 11.0. The second kappa shape index (κ2) is 7.61. The summed E-state index contributed by atoms with van der Waals surface area (Å²) in [6, 6.07) is 2.15. The summed E-state index contributed by atoms with van der Waals surface area (Å²) in [6.07, 6.45) is 2.85. The van der Waals surface area contributed by atoms with Crippen LogP contribution in [0.25, 0.3) is 0 Å². The number of hydrogen-bond acceptors (Lipinski definition) is 5. The third kappa shape index (κ3) is 4.07. The lowest BCUT2D eigenvalue weighted by Gasteiger charge is -2.09. The molecule has 2 heterocycles. The predicted octanol–water partition coefficient (Wildman–Crippen LogP) is 3.08. The molecule has 21 heavy (non-hydrogen) atoms. The Bertz CT molecular complexity index is 607. The first kappa shape index (κ1) is 16.0. The van der Waals surface area contributed by atoms with Crippen molar-refractivity contribution < 1.29 is 9.90 Å². The number of carboxylic acids is 1. The van der Waals surface area contributed by atoms with Crippen molar-refractivity contribution in [2.24, 2.45) is 0 Å². The maximum Gasteiger partial charge on any atom is 0.313 e. The predicted molar refractivity (Wildman–Crippen MR) is 85.2 cm³/mol. The van der Waals surface area contributed by atoms with Crippen molar-refractivity contribution >= 4 is 29.1 Å². The van der Waals surface area contributed by atoms with Gasteiger partial charge in [-0.2, -0.15) is 0 Å². The molecule has 0 aliphatic rings. The van der Waals surface area contributed by atoms with E-state index in [4.69, 9.17) is 5.11 Å². The third-order valence-electron chi connectivity index (χ3n) is 3.11. The van der Waals surface area contributed by atoms with Crippen molar-refractivity contribution in [3.8, 4) is 0 Å². The van der Waals surface area contributed by atoms with Gasteiger partial charge in [0.15, 0.2) is 5.16 Å². The molecule has 1 N–H and O–H groups in total. The van der Waals surface area contributed by atoms with E-state index in [1.54, 1.807) is 11.3 Å². The van der Waals surface area contributed by atoms with Gasteiger partial charge in [0.2, 0.25) is 0 Å². The second-order valence-electron chi connectivity index (χ2n) is 4.64. The Morgan fingerprint density at radius 3 is 2.90 bits per heavy atom. The first-order valence-corrected chi connectivity index (χ1v) is 8.84. The quantitative estimate of drug-likeness (QED) is 0.755. The lowest BCUT2D eigenvalue weighted by molar-refractivity contribution is -0.133. The molecule has 0 aromatic carbocycles. The minimum absolute atomic E-state index is 0.00926. The summed E-state index contributed by atoms with van der Waals surface area (Å²) in [4.78, 5) is 12.1. The minimum Gasteiger partial charge on any atom is -0.481 e. The largest absolute Gasteiger partial charge is 0.481 e. The fourth-order valence-corrected chi connectivity index (χ4v) is 3.72. The van der Waals surface area contributed by atoms with Crippen molar-refractivity contribution in [2.45, 2.75) is 44.8 Å². The molecule has 0 saturated heterocycles. The summed E-state index contributed by atoms with van der Waals surface area (Å²) in [7, 11) is 0. The zero-order valence-electron chi connectivity index (χ0n) is 12.2. The molecule has 0 atom stereocenters. The first-order valence-electron chi connectivity index (χ1n) is 6.97. The number of thiophene rings is 1. The van der Waals surface area contributed by atoms with E-state index in [9.17, 15) is 4.79 Å². The smallest absolute Gasteiger partial charge is 0.313 e. The summed E-state index contributed by atoms with van der Waals surface area (Å²) in [6.45, 7) is 4.97. The van der Waals surface area contributed by atoms with Gasteiger partial charge < -0.3 is 9.67 Å². The topological polar surface area (TPSA) is 68.0 Å². The van der Waals surface area contributed by atoms with Crippen molar-refractivity contribution in [3.05, 3.63) is 27.7 Å². The number of nitrogens with zero attached hydrogens (tertiary/aromatic N) is 3. The van der Waals surface area contributed by atoms with E-state index in [0.717, 1.165) is 31.6 Å². The highest BCUT2D eigenvalue weighted by molar-refractivity contribution is 7.99. The van der Waals surface area contributed by atoms with Gasteiger partial charge in [0.05, 0.1) is 12.3 Å². The van der Waals surface area contributed by atoms with Crippen molar-refractivity contribution in [1.82, 2.24) is 14.8 Å². The van der Waals surface area contributed by atoms with Crippen LogP contribution in [0.3, 0.4) is 0 Å². The average molecular weight is 325 g/mol. The fraction of sp³-hybridized carbons (Fsp3) is 0.500. The molecule has 0 aliphatic heterocycles. The Labute approximate surface area is 132 Å². The molecule has 0 spiro atoms. The van der Waals surface area contributed by atoms with E-state index >= 15 is 0 Å². The van der Waals surface area contributed by atoms with Gasteiger partial charge in [-0.1, -0.05) is 25.6 Å². The van der Waals surface area contributed by atoms with Gasteiger partial charge in [-0.25, -0.2) is 0 Å². The Kier molecular flexibility index (Phi) is 5.81. The first-order chi connectivity index (χ1) is 10.2. The number of aryl methyl sites for hydroxylation is 2. The maximum absolute atomic E-state index is 10.8. The van der Waals surface area contributed by atoms with Crippen molar-refractivity contribution in [3.63, 3.8) is 0 Å². The standard InChI is InChI=1S/C14H19N3O2S2/c1-3-5-12-15-16-14(21-9-13(18)19)17(12)8-11-10(4-2)6-7-20-11/h6-7H,3-5,8-9H2,1-2H3,(H,18,19). The van der Waals surface area contributed by atoms with Crippen molar-refractivity contribution in [2.75, 3.05) is 5.75 Å². The van der Waals surface area contributed by atoms with E-state index in [1.807, 2.05) is 0 Å². The molecular weight excluding hydrogens is 306 g/mol. The molecule has 0 aliphatic carbocycles. The fourth-order valence-electron chi connectivity index (χ4n) is 2.08. The summed E-state index contributed by atoms with van der Waals surface area (Å²) in [5.74, 6) is 0.104. The Morgan fingerprint density at radius 2 is 2.24 bits per heavy atom. The molecule has 0 saturated carbocycles. The van der Waals surface area contributed by atoms with E-state index in [2.05, 4.69) is 40.1 Å². The van der Waals surface area contributed by atoms with Crippen molar-refractivity contribution in [1.29, 1.82) is 0 Å². The van der Waals surface area contributed by atoms with Gasteiger partial charge in [0.25, 0.3) is 0 Å². The van der Waals surface area contributed by atoms with E-state index < -0.39 is 5.97 Å². The monoisotopic (exact) mass is 325 g/mol. The van der Waals surface area contributed by atoms with E-state index in [1.165, 1.54) is 22.2 Å². The van der Waals surface area contributed by atoms with Crippen LogP contribution in [-0.2, 0) is 24.2 Å². The van der Waals surface area contributed by atoms with Crippen LogP contribution in [0.4, 0.5) is 0 Å². The molecule has 0 amide bonds. The summed E-state index contributed by atoms with van der Waals surface area (Å²) in [5.41, 5.74) is 1.34. The Morgan fingerprint density at radius 1 is 1.43 bits per heavy atom. The van der Waals surface area contributed by atoms with Gasteiger partial charge in [0, 0.05) is 11.3 Å². The summed E-state index contributed by atoms with van der Waals surface area (Å²) < 4.78 is 2.06. The summed E-state index contributed by atoms with van der Waals surface area (Å²) >= 11 is 2.96. The number of carbonyl (C=O) groups is 1.